The Balaban J connectivity index is 2.76. The molecule has 0 atom stereocenters. The van der Waals surface area contributed by atoms with Gasteiger partial charge in [-0.25, -0.2) is 0 Å². The van der Waals surface area contributed by atoms with Crippen LogP contribution in [-0.4, -0.2) is 5.78 Å². The van der Waals surface area contributed by atoms with E-state index >= 15 is 0 Å². The number of carbonyl (C=O) groups excluding carboxylic acids is 1. The monoisotopic (exact) mass is 259 g/mol. The Labute approximate surface area is 106 Å². The van der Waals surface area contributed by atoms with Crippen molar-refractivity contribution in [1.82, 2.24) is 0 Å². The maximum atomic E-state index is 11.8. The molecule has 1 aromatic carbocycles. The van der Waals surface area contributed by atoms with Gasteiger partial charge in [0.15, 0.2) is 5.78 Å². The van der Waals surface area contributed by atoms with E-state index < -0.39 is 0 Å². The first-order valence-electron chi connectivity index (χ1n) is 5.34. The summed E-state index contributed by atoms with van der Waals surface area (Å²) in [4.78, 5) is 11.8. The lowest BCUT2D eigenvalue weighted by atomic mass is 10.0. The van der Waals surface area contributed by atoms with E-state index in [0.29, 0.717) is 27.7 Å². The van der Waals surface area contributed by atoms with Gasteiger partial charge in [0.2, 0.25) is 0 Å². The van der Waals surface area contributed by atoms with Crippen molar-refractivity contribution in [3.8, 4) is 0 Å². The van der Waals surface area contributed by atoms with E-state index in [4.69, 9.17) is 28.9 Å². The van der Waals surface area contributed by atoms with Crippen LogP contribution in [0.3, 0.4) is 0 Å². The molecule has 0 unspecified atom stereocenters. The first-order valence-corrected chi connectivity index (χ1v) is 6.09. The maximum absolute atomic E-state index is 11.8. The van der Waals surface area contributed by atoms with Gasteiger partial charge in [0, 0.05) is 12.0 Å². The van der Waals surface area contributed by atoms with Gasteiger partial charge in [0.05, 0.1) is 15.7 Å². The molecule has 0 fully saturated rings. The van der Waals surface area contributed by atoms with Crippen LogP contribution in [0.5, 0.6) is 0 Å². The molecular weight excluding hydrogens is 245 g/mol. The fraction of sp³-hybridized carbons (Fsp3) is 0.417. The molecule has 0 aromatic heterocycles. The molecule has 2 nitrogen and oxygen atoms in total. The second-order valence-corrected chi connectivity index (χ2v) is 4.55. The highest BCUT2D eigenvalue weighted by Gasteiger charge is 2.10. The Kier molecular flexibility index (Phi) is 5.10. The second-order valence-electron chi connectivity index (χ2n) is 3.73. The normalized spacial score (nSPS) is 10.4. The van der Waals surface area contributed by atoms with Crippen LogP contribution in [-0.2, 0) is 0 Å². The molecule has 1 rings (SSSR count). The lowest BCUT2D eigenvalue weighted by Gasteiger charge is -2.05. The fourth-order valence-electron chi connectivity index (χ4n) is 1.43. The third kappa shape index (κ3) is 3.39. The van der Waals surface area contributed by atoms with Crippen LogP contribution in [0.1, 0.15) is 43.0 Å². The zero-order valence-electron chi connectivity index (χ0n) is 9.22. The minimum atomic E-state index is 0.0669. The molecule has 4 heteroatoms. The third-order valence-electron chi connectivity index (χ3n) is 2.41. The first-order chi connectivity index (χ1) is 7.56. The van der Waals surface area contributed by atoms with Crippen molar-refractivity contribution in [3.63, 3.8) is 0 Å². The largest absolute Gasteiger partial charge is 0.396 e. The Hall–Kier alpha value is -0.730. The smallest absolute Gasteiger partial charge is 0.162 e. The van der Waals surface area contributed by atoms with Crippen molar-refractivity contribution in [2.45, 2.75) is 32.6 Å². The quantitative estimate of drug-likeness (QED) is 0.486. The van der Waals surface area contributed by atoms with Crippen LogP contribution >= 0.6 is 23.2 Å². The van der Waals surface area contributed by atoms with Crippen molar-refractivity contribution in [2.24, 2.45) is 0 Å². The number of halogens is 2. The van der Waals surface area contributed by atoms with Crippen LogP contribution in [0.2, 0.25) is 10.0 Å². The van der Waals surface area contributed by atoms with Gasteiger partial charge in [-0.2, -0.15) is 0 Å². The summed E-state index contributed by atoms with van der Waals surface area (Å²) in [6.45, 7) is 2.10. The minimum absolute atomic E-state index is 0.0669. The van der Waals surface area contributed by atoms with Gasteiger partial charge in [-0.3, -0.25) is 4.79 Å². The summed E-state index contributed by atoms with van der Waals surface area (Å²) in [5.41, 5.74) is 6.47. The standard InChI is InChI=1S/C12H15Cl2NO/c1-2-3-4-5-11(16)8-6-9(13)12(15)10(14)7-8/h6-7H,2-5,15H2,1H3. The molecule has 0 saturated heterocycles. The third-order valence-corrected chi connectivity index (χ3v) is 3.03. The van der Waals surface area contributed by atoms with Crippen molar-refractivity contribution in [1.29, 1.82) is 0 Å². The summed E-state index contributed by atoms with van der Waals surface area (Å²) in [6.07, 6.45) is 3.58. The number of Topliss-reactive ketones (excluding diaryl/α,β-unsaturated/α-hetero) is 1. The highest BCUT2D eigenvalue weighted by molar-refractivity contribution is 6.39. The highest BCUT2D eigenvalue weighted by Crippen LogP contribution is 2.29. The van der Waals surface area contributed by atoms with E-state index in [1.807, 2.05) is 0 Å². The molecule has 16 heavy (non-hydrogen) atoms. The van der Waals surface area contributed by atoms with E-state index in [9.17, 15) is 4.79 Å². The molecule has 0 aliphatic heterocycles. The van der Waals surface area contributed by atoms with E-state index in [1.165, 1.54) is 0 Å². The predicted molar refractivity (Wildman–Crippen MR) is 69.3 cm³/mol. The summed E-state index contributed by atoms with van der Waals surface area (Å²) < 4.78 is 0. The van der Waals surface area contributed by atoms with Crippen molar-refractivity contribution < 1.29 is 4.79 Å². The number of carbonyl (C=O) groups is 1. The summed E-state index contributed by atoms with van der Waals surface area (Å²) in [5, 5.41) is 0.678. The predicted octanol–water partition coefficient (Wildman–Crippen LogP) is 4.34. The molecule has 0 aliphatic rings. The van der Waals surface area contributed by atoms with Crippen molar-refractivity contribution in [3.05, 3.63) is 27.7 Å². The first kappa shape index (κ1) is 13.3. The van der Waals surface area contributed by atoms with E-state index in [2.05, 4.69) is 6.92 Å². The highest BCUT2D eigenvalue weighted by atomic mass is 35.5. The molecule has 0 aliphatic carbocycles. The molecule has 88 valence electrons. The van der Waals surface area contributed by atoms with Crippen LogP contribution < -0.4 is 5.73 Å². The van der Waals surface area contributed by atoms with Gasteiger partial charge < -0.3 is 5.73 Å². The second kappa shape index (κ2) is 6.12. The van der Waals surface area contributed by atoms with Crippen molar-refractivity contribution in [2.75, 3.05) is 5.73 Å². The number of unbranched alkanes of at least 4 members (excludes halogenated alkanes) is 2. The SMILES string of the molecule is CCCCCC(=O)c1cc(Cl)c(N)c(Cl)c1. The van der Waals surface area contributed by atoms with Gasteiger partial charge in [-0.05, 0) is 18.6 Å². The Morgan fingerprint density at radius 3 is 2.31 bits per heavy atom. The zero-order valence-corrected chi connectivity index (χ0v) is 10.7. The van der Waals surface area contributed by atoms with E-state index in [-0.39, 0.29) is 5.78 Å². The molecule has 0 heterocycles. The molecule has 0 spiro atoms. The van der Waals surface area contributed by atoms with Crippen molar-refractivity contribution >= 4 is 34.7 Å². The molecule has 2 N–H and O–H groups in total. The minimum Gasteiger partial charge on any atom is -0.396 e. The molecule has 0 radical (unpaired) electrons. The summed E-state index contributed by atoms with van der Waals surface area (Å²) in [7, 11) is 0. The van der Waals surface area contributed by atoms with Crippen LogP contribution in [0.15, 0.2) is 12.1 Å². The van der Waals surface area contributed by atoms with Gasteiger partial charge in [-0.15, -0.1) is 0 Å². The number of benzene rings is 1. The number of hydrogen-bond donors (Lipinski definition) is 1. The number of rotatable bonds is 5. The average molecular weight is 260 g/mol. The van der Waals surface area contributed by atoms with Gasteiger partial charge in [0.1, 0.15) is 0 Å². The van der Waals surface area contributed by atoms with Gasteiger partial charge in [-0.1, -0.05) is 43.0 Å². The summed E-state index contributed by atoms with van der Waals surface area (Å²) >= 11 is 11.7. The van der Waals surface area contributed by atoms with E-state index in [0.717, 1.165) is 19.3 Å². The number of ketones is 1. The Morgan fingerprint density at radius 1 is 1.25 bits per heavy atom. The zero-order chi connectivity index (χ0) is 12.1. The molecule has 0 amide bonds. The number of anilines is 1. The van der Waals surface area contributed by atoms with Crippen LogP contribution in [0.4, 0.5) is 5.69 Å². The maximum Gasteiger partial charge on any atom is 0.162 e. The molecular formula is C12H15Cl2NO. The number of nitrogen functional groups attached to an aromatic ring is 1. The Morgan fingerprint density at radius 2 is 1.81 bits per heavy atom. The number of hydrogen-bond acceptors (Lipinski definition) is 2. The molecule has 0 bridgehead atoms. The molecule has 0 saturated carbocycles. The fourth-order valence-corrected chi connectivity index (χ4v) is 1.91. The van der Waals surface area contributed by atoms with Crippen LogP contribution in [0, 0.1) is 0 Å². The number of nitrogens with two attached hydrogens (primary N) is 1. The van der Waals surface area contributed by atoms with E-state index in [1.54, 1.807) is 12.1 Å². The van der Waals surface area contributed by atoms with Crippen LogP contribution in [0.25, 0.3) is 0 Å². The lowest BCUT2D eigenvalue weighted by Crippen LogP contribution is -2.00. The lowest BCUT2D eigenvalue weighted by molar-refractivity contribution is 0.0979. The Bertz CT molecular complexity index is 368. The molecule has 1 aromatic rings. The topological polar surface area (TPSA) is 43.1 Å². The summed E-state index contributed by atoms with van der Waals surface area (Å²) in [5.74, 6) is 0.0669. The average Bonchev–Trinajstić information content (AvgIpc) is 2.25. The summed E-state index contributed by atoms with van der Waals surface area (Å²) in [6, 6.07) is 3.16. The van der Waals surface area contributed by atoms with Gasteiger partial charge in [0.25, 0.3) is 0 Å². The van der Waals surface area contributed by atoms with Gasteiger partial charge >= 0.3 is 0 Å².